The molecule has 0 aliphatic rings. The van der Waals surface area contributed by atoms with Gasteiger partial charge in [-0.25, -0.2) is 18.0 Å². The number of hydrogen-bond donors (Lipinski definition) is 0. The predicted molar refractivity (Wildman–Crippen MR) is 170 cm³/mol. The topological polar surface area (TPSA) is 145 Å². The van der Waals surface area contributed by atoms with Crippen LogP contribution in [0.25, 0.3) is 0 Å². The van der Waals surface area contributed by atoms with Gasteiger partial charge in [0.05, 0.1) is 139 Å². The van der Waals surface area contributed by atoms with Gasteiger partial charge < -0.3 is 56.8 Å². The Hall–Kier alpha value is -2.85. The van der Waals surface area contributed by atoms with Crippen LogP contribution in [0.15, 0.2) is 12.2 Å². The fourth-order valence-corrected chi connectivity index (χ4v) is 3.39. The molecule has 0 atom stereocenters. The molecule has 52 heavy (non-hydrogen) atoms. The van der Waals surface area contributed by atoms with E-state index in [2.05, 4.69) is 11.3 Å². The minimum atomic E-state index is -2.35. The fraction of sp³-hybridized carbons (Fsp3) is 0.697. The van der Waals surface area contributed by atoms with Crippen LogP contribution in [-0.4, -0.2) is 151 Å². The first-order valence-electron chi connectivity index (χ1n) is 16.5. The van der Waals surface area contributed by atoms with E-state index in [9.17, 15) is 31.5 Å². The van der Waals surface area contributed by atoms with E-state index in [0.717, 1.165) is 0 Å². The molecule has 0 radical (unpaired) electrons. The molecule has 1 aromatic carbocycles. The summed E-state index contributed by atoms with van der Waals surface area (Å²) in [6.45, 7) is 11.9. The van der Waals surface area contributed by atoms with Crippen LogP contribution < -0.4 is 4.74 Å². The first-order chi connectivity index (χ1) is 25.2. The molecule has 0 heterocycles. The molecule has 0 amide bonds. The van der Waals surface area contributed by atoms with E-state index >= 15 is 0 Å². The Labute approximate surface area is 299 Å². The van der Waals surface area contributed by atoms with E-state index in [1.807, 2.05) is 0 Å². The van der Waals surface area contributed by atoms with Gasteiger partial charge >= 0.3 is 11.9 Å². The van der Waals surface area contributed by atoms with E-state index < -0.39 is 53.2 Å². The molecule has 0 aliphatic carbocycles. The van der Waals surface area contributed by atoms with E-state index in [0.29, 0.717) is 111 Å². The molecule has 0 spiro atoms. The van der Waals surface area contributed by atoms with E-state index in [1.165, 1.54) is 0 Å². The number of esters is 2. The average Bonchev–Trinajstić information content (AvgIpc) is 3.13. The largest absolute Gasteiger partial charge is 0.460 e. The Bertz CT molecular complexity index is 1100. The van der Waals surface area contributed by atoms with Crippen LogP contribution >= 0.6 is 0 Å². The molecule has 0 saturated heterocycles. The summed E-state index contributed by atoms with van der Waals surface area (Å²) >= 11 is 0. The molecular weight excluding hydrogens is 715 g/mol. The van der Waals surface area contributed by atoms with Crippen molar-refractivity contribution in [2.75, 3.05) is 139 Å². The summed E-state index contributed by atoms with van der Waals surface area (Å²) in [5, 5.41) is 0. The first kappa shape index (κ1) is 47.2. The molecule has 0 N–H and O–H groups in total. The maximum atomic E-state index is 13.5. The third-order valence-corrected chi connectivity index (χ3v) is 5.99. The molecule has 19 heteroatoms. The molecule has 1 rings (SSSR count). The second-order valence-electron chi connectivity index (χ2n) is 10.2. The quantitative estimate of drug-likeness (QED) is 0.0190. The van der Waals surface area contributed by atoms with E-state index in [-0.39, 0.29) is 33.0 Å². The zero-order valence-corrected chi connectivity index (χ0v) is 29.4. The smallest absolute Gasteiger partial charge is 0.333 e. The molecule has 0 fully saturated rings. The van der Waals surface area contributed by atoms with Crippen LogP contribution in [-0.2, 0) is 61.7 Å². The summed E-state index contributed by atoms with van der Waals surface area (Å²) in [6, 6.07) is 0. The van der Waals surface area contributed by atoms with Crippen molar-refractivity contribution in [3.63, 3.8) is 0 Å². The number of carbonyl (C=O) groups is 2. The Morgan fingerprint density at radius 2 is 0.673 bits per heavy atom. The molecule has 0 saturated carbocycles. The van der Waals surface area contributed by atoms with Gasteiger partial charge in [0.2, 0.25) is 34.8 Å². The van der Waals surface area contributed by atoms with Crippen molar-refractivity contribution in [2.45, 2.75) is 13.3 Å². The molecule has 0 bridgehead atoms. The summed E-state index contributed by atoms with van der Waals surface area (Å²) in [5.74, 6) is -14.6. The van der Waals surface area contributed by atoms with Crippen LogP contribution in [0.2, 0.25) is 0 Å². The van der Waals surface area contributed by atoms with Crippen LogP contribution in [0.4, 0.5) is 22.0 Å². The van der Waals surface area contributed by atoms with Gasteiger partial charge in [-0.1, -0.05) is 6.58 Å². The fourth-order valence-electron chi connectivity index (χ4n) is 3.39. The molecule has 0 aliphatic heterocycles. The van der Waals surface area contributed by atoms with Gasteiger partial charge in [-0.15, -0.1) is 0 Å². The summed E-state index contributed by atoms with van der Waals surface area (Å²) in [6.07, 6.45) is -0.492. The zero-order chi connectivity index (χ0) is 38.2. The number of halogens is 5. The number of rotatable bonds is 35. The Morgan fingerprint density at radius 1 is 0.423 bits per heavy atom. The Morgan fingerprint density at radius 3 is 0.962 bits per heavy atom. The van der Waals surface area contributed by atoms with Crippen LogP contribution in [0.1, 0.15) is 13.3 Å². The predicted octanol–water partition coefficient (Wildman–Crippen LogP) is 2.96. The average molecular weight is 765 g/mol. The van der Waals surface area contributed by atoms with Crippen LogP contribution in [0.5, 0.6) is 5.75 Å². The molecule has 1 aromatic rings. The lowest BCUT2D eigenvalue weighted by Crippen LogP contribution is -2.16. The molecular formula is C33H49F5O14. The highest BCUT2D eigenvalue weighted by Crippen LogP contribution is 2.29. The normalized spacial score (nSPS) is 11.3. The molecule has 0 unspecified atom stereocenters. The van der Waals surface area contributed by atoms with Gasteiger partial charge in [-0.2, -0.15) is 8.78 Å². The van der Waals surface area contributed by atoms with Crippen molar-refractivity contribution in [1.82, 2.24) is 0 Å². The highest BCUT2D eigenvalue weighted by molar-refractivity contribution is 5.86. The standard InChI is InChI=1S/C33H49F5O14/c1-25(2)33(40)51-24-23-50-22-21-49-20-19-48-18-17-47-16-15-46-14-13-45-12-11-44-10-9-43-8-7-42-6-5-41-4-3-26(39)52-32-30(37)28(35)27(34)29(36)31(32)38/h1,3-24H2,2H3. The SMILES string of the molecule is C=C(C)C(=O)OCCOCCOCCOCCOCCOCCOCCOCCOCCOCCOCCC(=O)Oc1c(F)c(F)c(F)c(F)c1F. The molecule has 300 valence electrons. The van der Waals surface area contributed by atoms with Gasteiger partial charge in [0.15, 0.2) is 0 Å². The van der Waals surface area contributed by atoms with Crippen molar-refractivity contribution in [1.29, 1.82) is 0 Å². The maximum absolute atomic E-state index is 13.5. The maximum Gasteiger partial charge on any atom is 0.333 e. The number of benzene rings is 1. The third-order valence-electron chi connectivity index (χ3n) is 5.99. The summed E-state index contributed by atoms with van der Waals surface area (Å²) in [7, 11) is 0. The van der Waals surface area contributed by atoms with Crippen molar-refractivity contribution in [3.8, 4) is 5.75 Å². The lowest BCUT2D eigenvalue weighted by atomic mass is 10.2. The molecule has 14 nitrogen and oxygen atoms in total. The third kappa shape index (κ3) is 23.7. The second kappa shape index (κ2) is 31.7. The van der Waals surface area contributed by atoms with Crippen molar-refractivity contribution in [2.24, 2.45) is 0 Å². The summed E-state index contributed by atoms with van der Waals surface area (Å²) in [4.78, 5) is 22.8. The number of carbonyl (C=O) groups excluding carboxylic acids is 2. The van der Waals surface area contributed by atoms with Gasteiger partial charge in [-0.05, 0) is 6.92 Å². The van der Waals surface area contributed by atoms with E-state index in [1.54, 1.807) is 6.92 Å². The van der Waals surface area contributed by atoms with E-state index in [4.69, 9.17) is 52.1 Å². The van der Waals surface area contributed by atoms with Gasteiger partial charge in [0.1, 0.15) is 6.61 Å². The number of ether oxygens (including phenoxy) is 12. The highest BCUT2D eigenvalue weighted by Gasteiger charge is 2.28. The van der Waals surface area contributed by atoms with Crippen molar-refractivity contribution >= 4 is 11.9 Å². The van der Waals surface area contributed by atoms with Gasteiger partial charge in [0, 0.05) is 5.57 Å². The molecule has 0 aromatic heterocycles. The Balaban J connectivity index is 1.74. The van der Waals surface area contributed by atoms with Crippen LogP contribution in [0, 0.1) is 29.1 Å². The number of hydrogen-bond acceptors (Lipinski definition) is 14. The second-order valence-corrected chi connectivity index (χ2v) is 10.2. The van der Waals surface area contributed by atoms with Gasteiger partial charge in [-0.3, -0.25) is 4.79 Å². The lowest BCUT2D eigenvalue weighted by Gasteiger charge is -2.09. The Kier molecular flexibility index (Phi) is 28.7. The summed E-state index contributed by atoms with van der Waals surface area (Å²) < 4.78 is 129. The zero-order valence-electron chi connectivity index (χ0n) is 29.4. The first-order valence-corrected chi connectivity index (χ1v) is 16.5. The van der Waals surface area contributed by atoms with Crippen molar-refractivity contribution < 1.29 is 88.4 Å². The van der Waals surface area contributed by atoms with Gasteiger partial charge in [0.25, 0.3) is 0 Å². The summed E-state index contributed by atoms with van der Waals surface area (Å²) in [5.41, 5.74) is 0.348. The van der Waals surface area contributed by atoms with Crippen LogP contribution in [0.3, 0.4) is 0 Å². The minimum Gasteiger partial charge on any atom is -0.460 e. The minimum absolute atomic E-state index is 0.0745. The van der Waals surface area contributed by atoms with Crippen molar-refractivity contribution in [3.05, 3.63) is 41.2 Å². The monoisotopic (exact) mass is 764 g/mol. The lowest BCUT2D eigenvalue weighted by molar-refractivity contribution is -0.140. The highest BCUT2D eigenvalue weighted by atomic mass is 19.2.